The van der Waals surface area contributed by atoms with Crippen LogP contribution in [0.15, 0.2) is 12.1 Å². The molecule has 0 spiro atoms. The number of rotatable bonds is 1. The van der Waals surface area contributed by atoms with E-state index in [4.69, 9.17) is 4.74 Å². The van der Waals surface area contributed by atoms with E-state index in [2.05, 4.69) is 40.0 Å². The van der Waals surface area contributed by atoms with Gasteiger partial charge in [0.1, 0.15) is 5.60 Å². The van der Waals surface area contributed by atoms with Crippen molar-refractivity contribution in [1.29, 1.82) is 0 Å². The summed E-state index contributed by atoms with van der Waals surface area (Å²) in [6.07, 6.45) is -0.217. The Bertz CT molecular complexity index is 456. The maximum Gasteiger partial charge on any atom is 0.410 e. The quantitative estimate of drug-likeness (QED) is 0.744. The molecular formula is C13H19IN2O2S. The van der Waals surface area contributed by atoms with Gasteiger partial charge in [0.25, 0.3) is 0 Å². The number of carbonyl (C=O) groups excluding carboxylic acids is 1. The SMILES string of the molecule is CC(C)(C)OC(=O)N1CCNC(c2ccc(I)s2)C1. The molecule has 1 unspecified atom stereocenters. The van der Waals surface area contributed by atoms with Crippen LogP contribution in [0, 0.1) is 2.88 Å². The summed E-state index contributed by atoms with van der Waals surface area (Å²) in [5, 5.41) is 3.45. The molecule has 19 heavy (non-hydrogen) atoms. The van der Waals surface area contributed by atoms with Crippen molar-refractivity contribution in [1.82, 2.24) is 10.2 Å². The highest BCUT2D eigenvalue weighted by Crippen LogP contribution is 2.26. The van der Waals surface area contributed by atoms with Crippen LogP contribution in [0.2, 0.25) is 0 Å². The van der Waals surface area contributed by atoms with Crippen molar-refractivity contribution in [3.05, 3.63) is 19.9 Å². The second-order valence-electron chi connectivity index (χ2n) is 5.57. The molecule has 0 bridgehead atoms. The maximum absolute atomic E-state index is 12.1. The van der Waals surface area contributed by atoms with Gasteiger partial charge in [-0.2, -0.15) is 0 Å². The van der Waals surface area contributed by atoms with Crippen molar-refractivity contribution in [2.75, 3.05) is 19.6 Å². The summed E-state index contributed by atoms with van der Waals surface area (Å²) in [5.41, 5.74) is -0.435. The average molecular weight is 394 g/mol. The molecule has 6 heteroatoms. The summed E-state index contributed by atoms with van der Waals surface area (Å²) in [5.74, 6) is 0. The zero-order valence-electron chi connectivity index (χ0n) is 11.4. The van der Waals surface area contributed by atoms with E-state index in [0.717, 1.165) is 6.54 Å². The fourth-order valence-electron chi connectivity index (χ4n) is 1.95. The molecule has 0 radical (unpaired) electrons. The number of piperazine rings is 1. The third kappa shape index (κ3) is 4.32. The van der Waals surface area contributed by atoms with Crippen LogP contribution < -0.4 is 5.32 Å². The third-order valence-electron chi connectivity index (χ3n) is 2.76. The van der Waals surface area contributed by atoms with E-state index in [9.17, 15) is 4.79 Å². The third-order valence-corrected chi connectivity index (χ3v) is 4.77. The standard InChI is InChI=1S/C13H19IN2O2S/c1-13(2,3)18-12(17)16-7-6-15-9(8-16)10-4-5-11(14)19-10/h4-5,9,15H,6-8H2,1-3H3. The molecular weight excluding hydrogens is 375 g/mol. The van der Waals surface area contributed by atoms with Gasteiger partial charge in [0.15, 0.2) is 0 Å². The van der Waals surface area contributed by atoms with Crippen LogP contribution in [-0.2, 0) is 4.74 Å². The first-order chi connectivity index (χ1) is 8.85. The number of hydrogen-bond donors (Lipinski definition) is 1. The number of amides is 1. The summed E-state index contributed by atoms with van der Waals surface area (Å²) < 4.78 is 6.70. The van der Waals surface area contributed by atoms with Gasteiger partial charge in [-0.15, -0.1) is 11.3 Å². The second-order valence-corrected chi connectivity index (χ2v) is 8.58. The molecule has 2 heterocycles. The van der Waals surface area contributed by atoms with Crippen LogP contribution in [0.25, 0.3) is 0 Å². The van der Waals surface area contributed by atoms with Crippen LogP contribution in [0.1, 0.15) is 31.7 Å². The highest BCUT2D eigenvalue weighted by molar-refractivity contribution is 14.1. The lowest BCUT2D eigenvalue weighted by Gasteiger charge is -2.34. The van der Waals surface area contributed by atoms with Crippen molar-refractivity contribution in [2.24, 2.45) is 0 Å². The molecule has 1 aromatic rings. The van der Waals surface area contributed by atoms with Crippen molar-refractivity contribution >= 4 is 40.0 Å². The first kappa shape index (κ1) is 15.1. The largest absolute Gasteiger partial charge is 0.444 e. The maximum atomic E-state index is 12.1. The van der Waals surface area contributed by atoms with E-state index in [1.807, 2.05) is 20.8 Å². The summed E-state index contributed by atoms with van der Waals surface area (Å²) >= 11 is 4.09. The Kier molecular flexibility index (Phi) is 4.73. The van der Waals surface area contributed by atoms with E-state index in [-0.39, 0.29) is 12.1 Å². The van der Waals surface area contributed by atoms with E-state index in [1.165, 1.54) is 7.76 Å². The minimum Gasteiger partial charge on any atom is -0.444 e. The van der Waals surface area contributed by atoms with Crippen molar-refractivity contribution in [3.63, 3.8) is 0 Å². The summed E-state index contributed by atoms with van der Waals surface area (Å²) in [7, 11) is 0. The lowest BCUT2D eigenvalue weighted by Crippen LogP contribution is -2.49. The Balaban J connectivity index is 1.99. The lowest BCUT2D eigenvalue weighted by molar-refractivity contribution is 0.0196. The molecule has 0 aromatic carbocycles. The van der Waals surface area contributed by atoms with Crippen molar-refractivity contribution in [2.45, 2.75) is 32.4 Å². The van der Waals surface area contributed by atoms with Gasteiger partial charge in [-0.1, -0.05) is 0 Å². The number of carbonyl (C=O) groups is 1. The molecule has 4 nitrogen and oxygen atoms in total. The Morgan fingerprint density at radius 2 is 2.26 bits per heavy atom. The van der Waals surface area contributed by atoms with E-state index in [1.54, 1.807) is 16.2 Å². The summed E-state index contributed by atoms with van der Waals surface area (Å²) in [6.45, 7) is 7.86. The highest BCUT2D eigenvalue weighted by atomic mass is 127. The summed E-state index contributed by atoms with van der Waals surface area (Å²) in [4.78, 5) is 15.1. The zero-order chi connectivity index (χ0) is 14.0. The van der Waals surface area contributed by atoms with E-state index in [0.29, 0.717) is 13.1 Å². The molecule has 1 aliphatic heterocycles. The fourth-order valence-corrected chi connectivity index (χ4v) is 3.69. The predicted octanol–water partition coefficient (Wildman–Crippen LogP) is 3.23. The van der Waals surface area contributed by atoms with Gasteiger partial charge in [0.05, 0.1) is 8.93 Å². The zero-order valence-corrected chi connectivity index (χ0v) is 14.4. The number of nitrogens with one attached hydrogen (secondary N) is 1. The molecule has 1 aliphatic rings. The van der Waals surface area contributed by atoms with Crippen LogP contribution in [0.3, 0.4) is 0 Å². The Labute approximate surface area is 131 Å². The summed E-state index contributed by atoms with van der Waals surface area (Å²) in [6, 6.07) is 4.45. The van der Waals surface area contributed by atoms with Gasteiger partial charge < -0.3 is 15.0 Å². The highest BCUT2D eigenvalue weighted by Gasteiger charge is 2.28. The Morgan fingerprint density at radius 3 is 2.84 bits per heavy atom. The number of hydrogen-bond acceptors (Lipinski definition) is 4. The van der Waals surface area contributed by atoms with Gasteiger partial charge in [0, 0.05) is 24.5 Å². The van der Waals surface area contributed by atoms with E-state index < -0.39 is 5.60 Å². The van der Waals surface area contributed by atoms with E-state index >= 15 is 0 Å². The molecule has 1 amide bonds. The molecule has 1 N–H and O–H groups in total. The lowest BCUT2D eigenvalue weighted by atomic mass is 10.2. The minimum atomic E-state index is -0.435. The normalized spacial score (nSPS) is 20.4. The molecule has 1 saturated heterocycles. The minimum absolute atomic E-state index is 0.217. The molecule has 2 rings (SSSR count). The Morgan fingerprint density at radius 1 is 1.53 bits per heavy atom. The van der Waals surface area contributed by atoms with Gasteiger partial charge in [0.2, 0.25) is 0 Å². The van der Waals surface area contributed by atoms with Crippen LogP contribution >= 0.6 is 33.9 Å². The van der Waals surface area contributed by atoms with Gasteiger partial charge in [-0.25, -0.2) is 4.79 Å². The first-order valence-corrected chi connectivity index (χ1v) is 8.21. The van der Waals surface area contributed by atoms with Crippen molar-refractivity contribution in [3.8, 4) is 0 Å². The average Bonchev–Trinajstić information content (AvgIpc) is 2.74. The van der Waals surface area contributed by atoms with Gasteiger partial charge >= 0.3 is 6.09 Å². The Hall–Kier alpha value is -0.340. The van der Waals surface area contributed by atoms with Gasteiger partial charge in [-0.05, 0) is 55.5 Å². The van der Waals surface area contributed by atoms with Crippen LogP contribution in [0.5, 0.6) is 0 Å². The van der Waals surface area contributed by atoms with Gasteiger partial charge in [-0.3, -0.25) is 0 Å². The molecule has 1 aromatic heterocycles. The number of ether oxygens (including phenoxy) is 1. The number of nitrogens with zero attached hydrogens (tertiary/aromatic N) is 1. The smallest absolute Gasteiger partial charge is 0.410 e. The monoisotopic (exact) mass is 394 g/mol. The molecule has 1 fully saturated rings. The topological polar surface area (TPSA) is 41.6 Å². The van der Waals surface area contributed by atoms with Crippen LogP contribution in [0.4, 0.5) is 4.79 Å². The number of thiophene rings is 1. The fraction of sp³-hybridized carbons (Fsp3) is 0.615. The number of halogens is 1. The molecule has 1 atom stereocenters. The van der Waals surface area contributed by atoms with Crippen LogP contribution in [-0.4, -0.2) is 36.2 Å². The first-order valence-electron chi connectivity index (χ1n) is 6.32. The predicted molar refractivity (Wildman–Crippen MR) is 85.6 cm³/mol. The second kappa shape index (κ2) is 5.97. The van der Waals surface area contributed by atoms with Crippen molar-refractivity contribution < 1.29 is 9.53 Å². The molecule has 0 saturated carbocycles. The molecule has 106 valence electrons. The molecule has 0 aliphatic carbocycles.